The lowest BCUT2D eigenvalue weighted by Gasteiger charge is -2.31. The van der Waals surface area contributed by atoms with E-state index >= 15 is 0 Å². The molecule has 0 bridgehead atoms. The highest BCUT2D eigenvalue weighted by Crippen LogP contribution is 2.45. The van der Waals surface area contributed by atoms with Gasteiger partial charge in [0, 0.05) is 0 Å². The number of rotatable bonds is 10. The highest BCUT2D eigenvalue weighted by molar-refractivity contribution is 6.93. The highest BCUT2D eigenvalue weighted by Gasteiger charge is 2.39. The smallest absolute Gasteiger partial charge is 0.0712 e. The van der Waals surface area contributed by atoms with Gasteiger partial charge in [-0.15, -0.1) is 0 Å². The SMILES string of the molecule is CCC[Si](C)(C1=Cc2c(cccc2-c2cc([Si](C)(C)C)cc([Si](C)(C)C)c2)C1)C1=Cc2c(cccc2-c2cc([Si](C)(C)C)cc([Si](C)(C)C)c2)C1. The quantitative estimate of drug-likeness (QED) is 0.141. The first-order valence-electron chi connectivity index (χ1n) is 19.6. The summed E-state index contributed by atoms with van der Waals surface area (Å²) in [6.45, 7) is 35.1. The molecule has 0 saturated carbocycles. The van der Waals surface area contributed by atoms with Crippen molar-refractivity contribution in [1.82, 2.24) is 0 Å². The van der Waals surface area contributed by atoms with E-state index in [2.05, 4.69) is 177 Å². The van der Waals surface area contributed by atoms with Gasteiger partial charge in [0.25, 0.3) is 0 Å². The minimum atomic E-state index is -1.94. The average molecular weight is 757 g/mol. The molecular weight excluding hydrogens is 693 g/mol. The monoisotopic (exact) mass is 756 g/mol. The second-order valence-electron chi connectivity index (χ2n) is 20.1. The van der Waals surface area contributed by atoms with Gasteiger partial charge in [0.05, 0.1) is 32.3 Å². The van der Waals surface area contributed by atoms with E-state index in [1.165, 1.54) is 57.0 Å². The molecule has 5 heteroatoms. The molecule has 0 aliphatic heterocycles. The van der Waals surface area contributed by atoms with Gasteiger partial charge in [0.2, 0.25) is 0 Å². The number of fused-ring (bicyclic) bond motifs is 2. The van der Waals surface area contributed by atoms with Crippen LogP contribution in [-0.2, 0) is 12.8 Å². The molecule has 51 heavy (non-hydrogen) atoms. The molecule has 0 fully saturated rings. The zero-order valence-corrected chi connectivity index (χ0v) is 39.4. The minimum Gasteiger partial charge on any atom is -0.0712 e. The molecule has 0 amide bonds. The van der Waals surface area contributed by atoms with E-state index in [0.717, 1.165) is 12.8 Å². The number of allylic oxidation sites excluding steroid dienone is 2. The van der Waals surface area contributed by atoms with Crippen LogP contribution in [0, 0.1) is 0 Å². The summed E-state index contributed by atoms with van der Waals surface area (Å²) in [6, 6.07) is 31.0. The van der Waals surface area contributed by atoms with Crippen molar-refractivity contribution in [3.05, 3.63) is 105 Å². The van der Waals surface area contributed by atoms with Gasteiger partial charge in [0.1, 0.15) is 8.07 Å². The van der Waals surface area contributed by atoms with Crippen molar-refractivity contribution in [2.75, 3.05) is 0 Å². The van der Waals surface area contributed by atoms with Crippen LogP contribution in [-0.4, -0.2) is 40.4 Å². The molecule has 0 heterocycles. The Labute approximate surface area is 316 Å². The maximum atomic E-state index is 2.70. The molecule has 0 unspecified atom stereocenters. The van der Waals surface area contributed by atoms with Crippen LogP contribution in [0.2, 0.25) is 91.2 Å². The van der Waals surface area contributed by atoms with Gasteiger partial charge in [-0.1, -0.05) is 221 Å². The zero-order valence-electron chi connectivity index (χ0n) is 34.4. The molecule has 0 atom stereocenters. The Morgan fingerprint density at radius 3 is 1.08 bits per heavy atom. The minimum absolute atomic E-state index is 1.11. The van der Waals surface area contributed by atoms with E-state index < -0.39 is 40.4 Å². The molecule has 4 aromatic rings. The van der Waals surface area contributed by atoms with Crippen LogP contribution in [0.3, 0.4) is 0 Å². The fourth-order valence-corrected chi connectivity index (χ4v) is 17.4. The molecule has 2 aliphatic rings. The summed E-state index contributed by atoms with van der Waals surface area (Å²) in [5, 5.41) is 9.86. The van der Waals surface area contributed by atoms with Crippen LogP contribution in [0.1, 0.15) is 35.6 Å². The first kappa shape index (κ1) is 38.2. The summed E-state index contributed by atoms with van der Waals surface area (Å²) in [4.78, 5) is 0. The van der Waals surface area contributed by atoms with Crippen LogP contribution >= 0.6 is 0 Å². The molecule has 0 aromatic heterocycles. The first-order valence-corrected chi connectivity index (χ1v) is 36.3. The molecule has 0 nitrogen and oxygen atoms in total. The van der Waals surface area contributed by atoms with E-state index in [1.54, 1.807) is 31.1 Å². The summed E-state index contributed by atoms with van der Waals surface area (Å²) >= 11 is 0. The van der Waals surface area contributed by atoms with Crippen LogP contribution in [0.15, 0.2) is 83.2 Å². The number of hydrogen-bond acceptors (Lipinski definition) is 0. The second kappa shape index (κ2) is 13.4. The number of hydrogen-bond donors (Lipinski definition) is 0. The van der Waals surface area contributed by atoms with Gasteiger partial charge in [0.15, 0.2) is 0 Å². The fourth-order valence-electron chi connectivity index (χ4n) is 8.27. The third-order valence-electron chi connectivity index (χ3n) is 11.9. The van der Waals surface area contributed by atoms with Gasteiger partial charge in [-0.2, -0.15) is 0 Å². The summed E-state index contributed by atoms with van der Waals surface area (Å²) in [5.74, 6) is 0. The van der Waals surface area contributed by atoms with E-state index in [4.69, 9.17) is 0 Å². The van der Waals surface area contributed by atoms with Crippen molar-refractivity contribution in [3.63, 3.8) is 0 Å². The van der Waals surface area contributed by atoms with Crippen LogP contribution in [0.5, 0.6) is 0 Å². The Balaban J connectivity index is 1.45. The summed E-state index contributed by atoms with van der Waals surface area (Å²) in [5.41, 5.74) is 11.8. The second-order valence-corrected chi connectivity index (χ2v) is 44.9. The lowest BCUT2D eigenvalue weighted by molar-refractivity contribution is 1.03. The fraction of sp³-hybridized carbons (Fsp3) is 0.391. The van der Waals surface area contributed by atoms with Crippen molar-refractivity contribution >= 4 is 73.3 Å². The Bertz CT molecular complexity index is 1840. The van der Waals surface area contributed by atoms with Gasteiger partial charge in [-0.25, -0.2) is 0 Å². The molecular formula is C46H64Si5. The van der Waals surface area contributed by atoms with E-state index in [1.807, 2.05) is 0 Å². The van der Waals surface area contributed by atoms with Crippen molar-refractivity contribution in [2.24, 2.45) is 0 Å². The van der Waals surface area contributed by atoms with Crippen molar-refractivity contribution in [2.45, 2.75) is 117 Å². The van der Waals surface area contributed by atoms with E-state index in [-0.39, 0.29) is 0 Å². The van der Waals surface area contributed by atoms with Crippen molar-refractivity contribution in [1.29, 1.82) is 0 Å². The Hall–Kier alpha value is -2.56. The Kier molecular flexibility index (Phi) is 10.0. The van der Waals surface area contributed by atoms with Crippen LogP contribution in [0.25, 0.3) is 34.4 Å². The summed E-state index contributed by atoms with van der Waals surface area (Å²) in [7, 11) is -7.86. The van der Waals surface area contributed by atoms with Gasteiger partial charge in [-0.05, 0) is 57.3 Å². The third kappa shape index (κ3) is 7.61. The molecule has 268 valence electrons. The van der Waals surface area contributed by atoms with Crippen molar-refractivity contribution in [3.8, 4) is 22.3 Å². The molecule has 0 radical (unpaired) electrons. The van der Waals surface area contributed by atoms with E-state index in [9.17, 15) is 0 Å². The lowest BCUT2D eigenvalue weighted by atomic mass is 9.97. The normalized spacial score (nSPS) is 15.1. The number of benzene rings is 4. The largest absolute Gasteiger partial charge is 0.106 e. The highest BCUT2D eigenvalue weighted by atomic mass is 28.3. The maximum Gasteiger partial charge on any atom is 0.106 e. The van der Waals surface area contributed by atoms with Gasteiger partial charge < -0.3 is 0 Å². The van der Waals surface area contributed by atoms with Crippen LogP contribution < -0.4 is 20.7 Å². The maximum absolute atomic E-state index is 2.70. The predicted molar refractivity (Wildman–Crippen MR) is 246 cm³/mol. The first-order chi connectivity index (χ1) is 23.6. The average Bonchev–Trinajstić information content (AvgIpc) is 3.68. The zero-order chi connectivity index (χ0) is 37.3. The van der Waals surface area contributed by atoms with Gasteiger partial charge in [-0.3, -0.25) is 0 Å². The molecule has 0 saturated heterocycles. The third-order valence-corrected chi connectivity index (χ3v) is 25.0. The Morgan fingerprint density at radius 2 is 0.784 bits per heavy atom. The summed E-state index contributed by atoms with van der Waals surface area (Å²) in [6.07, 6.45) is 8.83. The van der Waals surface area contributed by atoms with Crippen LogP contribution in [0.4, 0.5) is 0 Å². The topological polar surface area (TPSA) is 0 Å². The standard InChI is InChI=1S/C46H64Si5/c1-15-22-51(14,41-23-33-18-16-20-43(45(33)31-41)35-25-37(47(2,3)4)29-38(26-35)48(5,6)7)42-24-34-19-17-21-44(46(34)32-42)36-27-39(49(8,9)10)30-40(28-36)50(11,12)13/h16-21,25-32H,15,22-24H2,1-14H3. The van der Waals surface area contributed by atoms with E-state index in [0.29, 0.717) is 0 Å². The molecule has 6 rings (SSSR count). The lowest BCUT2D eigenvalue weighted by Crippen LogP contribution is -2.45. The Morgan fingerprint density at radius 1 is 0.451 bits per heavy atom. The van der Waals surface area contributed by atoms with Crippen molar-refractivity contribution < 1.29 is 0 Å². The molecule has 2 aliphatic carbocycles. The molecule has 0 N–H and O–H groups in total. The van der Waals surface area contributed by atoms with Gasteiger partial charge >= 0.3 is 0 Å². The summed E-state index contributed by atoms with van der Waals surface area (Å²) < 4.78 is 0. The predicted octanol–water partition coefficient (Wildman–Crippen LogP) is 11.3. The molecule has 0 spiro atoms. The molecule has 4 aromatic carbocycles.